The number of carbonyl (C=O) groups is 1. The van der Waals surface area contributed by atoms with E-state index in [4.69, 9.17) is 10.5 Å². The lowest BCUT2D eigenvalue weighted by Crippen LogP contribution is -2.51. The summed E-state index contributed by atoms with van der Waals surface area (Å²) in [6.45, 7) is 3.29. The lowest BCUT2D eigenvalue weighted by atomic mass is 9.94. The number of carbonyl (C=O) groups excluding carboxylic acids is 1. The van der Waals surface area contributed by atoms with Gasteiger partial charge in [-0.2, -0.15) is 0 Å². The van der Waals surface area contributed by atoms with E-state index >= 15 is 0 Å². The number of hydrogen-bond acceptors (Lipinski definition) is 4. The van der Waals surface area contributed by atoms with E-state index in [0.29, 0.717) is 17.9 Å². The van der Waals surface area contributed by atoms with E-state index in [1.165, 1.54) is 6.20 Å². The van der Waals surface area contributed by atoms with Crippen LogP contribution in [0.4, 0.5) is 5.69 Å². The molecule has 17 heavy (non-hydrogen) atoms. The minimum absolute atomic E-state index is 0.191. The molecule has 92 valence electrons. The van der Waals surface area contributed by atoms with Gasteiger partial charge in [0.25, 0.3) is 5.91 Å². The summed E-state index contributed by atoms with van der Waals surface area (Å²) >= 11 is 0. The first kappa shape index (κ1) is 11.9. The molecule has 5 heteroatoms. The van der Waals surface area contributed by atoms with Crippen molar-refractivity contribution in [3.8, 4) is 0 Å². The summed E-state index contributed by atoms with van der Waals surface area (Å²) in [6.07, 6.45) is 4.92. The molecule has 3 N–H and O–H groups in total. The van der Waals surface area contributed by atoms with Crippen molar-refractivity contribution in [3.05, 3.63) is 24.0 Å². The highest BCUT2D eigenvalue weighted by Crippen LogP contribution is 2.19. The number of nitrogens with one attached hydrogen (secondary N) is 1. The maximum Gasteiger partial charge on any atom is 0.255 e. The van der Waals surface area contributed by atoms with Gasteiger partial charge in [0.05, 0.1) is 17.7 Å². The molecule has 1 fully saturated rings. The minimum Gasteiger partial charge on any atom is -0.398 e. The Kier molecular flexibility index (Phi) is 3.28. The maximum absolute atomic E-state index is 12.1. The standard InChI is InChI=1S/C12H17N3O2/c1-12(4-2-6-17-8-12)15-11(16)9-7-14-5-3-10(9)13/h3,5,7H,2,4,6,8H2,1H3,(H2,13,14)(H,15,16). The molecular formula is C12H17N3O2. The van der Waals surface area contributed by atoms with Crippen molar-refractivity contribution in [3.63, 3.8) is 0 Å². The van der Waals surface area contributed by atoms with E-state index in [0.717, 1.165) is 19.4 Å². The fourth-order valence-electron chi connectivity index (χ4n) is 1.97. The molecule has 0 saturated carbocycles. The molecule has 1 aromatic rings. The molecule has 1 atom stereocenters. The average Bonchev–Trinajstić information content (AvgIpc) is 2.29. The third-order valence-electron chi connectivity index (χ3n) is 2.95. The first-order chi connectivity index (χ1) is 8.11. The summed E-state index contributed by atoms with van der Waals surface area (Å²) in [5, 5.41) is 2.97. The Morgan fingerprint density at radius 3 is 3.12 bits per heavy atom. The van der Waals surface area contributed by atoms with Gasteiger partial charge in [-0.1, -0.05) is 0 Å². The molecule has 5 nitrogen and oxygen atoms in total. The zero-order chi connectivity index (χ0) is 12.3. The number of nitrogen functional groups attached to an aromatic ring is 1. The maximum atomic E-state index is 12.1. The van der Waals surface area contributed by atoms with Crippen molar-refractivity contribution in [1.29, 1.82) is 0 Å². The molecule has 0 radical (unpaired) electrons. The summed E-state index contributed by atoms with van der Waals surface area (Å²) in [4.78, 5) is 16.0. The lowest BCUT2D eigenvalue weighted by Gasteiger charge is -2.34. The van der Waals surface area contributed by atoms with Gasteiger partial charge in [-0.15, -0.1) is 0 Å². The number of anilines is 1. The summed E-state index contributed by atoms with van der Waals surface area (Å²) in [5.41, 5.74) is 6.29. The third kappa shape index (κ3) is 2.74. The summed E-state index contributed by atoms with van der Waals surface area (Å²) < 4.78 is 5.39. The van der Waals surface area contributed by atoms with E-state index in [1.54, 1.807) is 12.3 Å². The predicted molar refractivity (Wildman–Crippen MR) is 64.6 cm³/mol. The first-order valence-corrected chi connectivity index (χ1v) is 5.70. The second-order valence-electron chi connectivity index (χ2n) is 4.63. The predicted octanol–water partition coefficient (Wildman–Crippen LogP) is 0.963. The van der Waals surface area contributed by atoms with Gasteiger partial charge in [-0.25, -0.2) is 0 Å². The van der Waals surface area contributed by atoms with Gasteiger partial charge in [0.15, 0.2) is 0 Å². The van der Waals surface area contributed by atoms with E-state index in [2.05, 4.69) is 10.3 Å². The van der Waals surface area contributed by atoms with Crippen molar-refractivity contribution >= 4 is 11.6 Å². The van der Waals surface area contributed by atoms with Gasteiger partial charge in [-0.3, -0.25) is 9.78 Å². The van der Waals surface area contributed by atoms with Gasteiger partial charge in [-0.05, 0) is 25.8 Å². The Morgan fingerprint density at radius 2 is 2.47 bits per heavy atom. The van der Waals surface area contributed by atoms with E-state index in [1.807, 2.05) is 6.92 Å². The number of nitrogens with two attached hydrogens (primary N) is 1. The Balaban J connectivity index is 2.09. The van der Waals surface area contributed by atoms with E-state index in [9.17, 15) is 4.79 Å². The lowest BCUT2D eigenvalue weighted by molar-refractivity contribution is 0.0273. The average molecular weight is 235 g/mol. The molecule has 2 rings (SSSR count). The van der Waals surface area contributed by atoms with Crippen molar-refractivity contribution in [2.24, 2.45) is 0 Å². The highest BCUT2D eigenvalue weighted by molar-refractivity contribution is 5.99. The molecule has 0 bridgehead atoms. The summed E-state index contributed by atoms with van der Waals surface area (Å²) in [6, 6.07) is 1.62. The largest absolute Gasteiger partial charge is 0.398 e. The summed E-state index contributed by atoms with van der Waals surface area (Å²) in [5.74, 6) is -0.191. The molecule has 1 unspecified atom stereocenters. The number of pyridine rings is 1. The van der Waals surface area contributed by atoms with Crippen LogP contribution in [-0.4, -0.2) is 29.6 Å². The molecule has 0 spiro atoms. The van der Waals surface area contributed by atoms with Crippen LogP contribution in [-0.2, 0) is 4.74 Å². The number of amides is 1. The highest BCUT2D eigenvalue weighted by Gasteiger charge is 2.30. The fraction of sp³-hybridized carbons (Fsp3) is 0.500. The Morgan fingerprint density at radius 1 is 1.65 bits per heavy atom. The van der Waals surface area contributed by atoms with Crippen molar-refractivity contribution in [2.45, 2.75) is 25.3 Å². The number of ether oxygens (including phenoxy) is 1. The van der Waals surface area contributed by atoms with Crippen molar-refractivity contribution < 1.29 is 9.53 Å². The molecule has 1 saturated heterocycles. The monoisotopic (exact) mass is 235 g/mol. The zero-order valence-electron chi connectivity index (χ0n) is 9.90. The van der Waals surface area contributed by atoms with Gasteiger partial charge >= 0.3 is 0 Å². The normalized spacial score (nSPS) is 24.3. The third-order valence-corrected chi connectivity index (χ3v) is 2.95. The molecule has 1 aliphatic rings. The SMILES string of the molecule is CC1(NC(=O)c2cnccc2N)CCCOC1. The molecular weight excluding hydrogens is 218 g/mol. The van der Waals surface area contributed by atoms with Gasteiger partial charge in [0.1, 0.15) is 0 Å². The van der Waals surface area contributed by atoms with Gasteiger partial charge in [0.2, 0.25) is 0 Å². The number of hydrogen-bond donors (Lipinski definition) is 2. The Hall–Kier alpha value is -1.62. The second-order valence-corrected chi connectivity index (χ2v) is 4.63. The van der Waals surface area contributed by atoms with Crippen LogP contribution in [0.25, 0.3) is 0 Å². The molecule has 1 aliphatic heterocycles. The van der Waals surface area contributed by atoms with Crippen LogP contribution in [0.5, 0.6) is 0 Å². The molecule has 0 aliphatic carbocycles. The number of aromatic nitrogens is 1. The smallest absolute Gasteiger partial charge is 0.255 e. The van der Waals surface area contributed by atoms with Crippen LogP contribution < -0.4 is 11.1 Å². The zero-order valence-corrected chi connectivity index (χ0v) is 9.90. The Bertz CT molecular complexity index is 414. The second kappa shape index (κ2) is 4.71. The van der Waals surface area contributed by atoms with Gasteiger partial charge < -0.3 is 15.8 Å². The molecule has 0 aromatic carbocycles. The fourth-order valence-corrected chi connectivity index (χ4v) is 1.97. The van der Waals surface area contributed by atoms with E-state index in [-0.39, 0.29) is 11.4 Å². The minimum atomic E-state index is -0.308. The highest BCUT2D eigenvalue weighted by atomic mass is 16.5. The van der Waals surface area contributed by atoms with Crippen molar-refractivity contribution in [2.75, 3.05) is 18.9 Å². The van der Waals surface area contributed by atoms with Gasteiger partial charge in [0, 0.05) is 24.7 Å². The van der Waals surface area contributed by atoms with Crippen LogP contribution in [0.3, 0.4) is 0 Å². The molecule has 1 amide bonds. The van der Waals surface area contributed by atoms with E-state index < -0.39 is 0 Å². The number of nitrogens with zero attached hydrogens (tertiary/aromatic N) is 1. The van der Waals surface area contributed by atoms with Crippen LogP contribution in [0, 0.1) is 0 Å². The first-order valence-electron chi connectivity index (χ1n) is 5.70. The topological polar surface area (TPSA) is 77.2 Å². The van der Waals surface area contributed by atoms with Crippen LogP contribution in [0.15, 0.2) is 18.5 Å². The van der Waals surface area contributed by atoms with Crippen LogP contribution in [0.2, 0.25) is 0 Å². The molecule has 1 aromatic heterocycles. The Labute approximate surface area is 100 Å². The molecule has 2 heterocycles. The van der Waals surface area contributed by atoms with Crippen LogP contribution >= 0.6 is 0 Å². The summed E-state index contributed by atoms with van der Waals surface area (Å²) in [7, 11) is 0. The van der Waals surface area contributed by atoms with Crippen molar-refractivity contribution in [1.82, 2.24) is 10.3 Å². The quantitative estimate of drug-likeness (QED) is 0.800. The number of rotatable bonds is 2. The van der Waals surface area contributed by atoms with Crippen LogP contribution in [0.1, 0.15) is 30.1 Å².